The molecule has 0 N–H and O–H groups in total. The summed E-state index contributed by atoms with van der Waals surface area (Å²) >= 11 is 8.42. The van der Waals surface area contributed by atoms with Crippen LogP contribution in [0.15, 0.2) is 22.9 Å². The highest BCUT2D eigenvalue weighted by atomic mass is 127. The van der Waals surface area contributed by atoms with E-state index in [1.807, 2.05) is 11.3 Å². The van der Waals surface area contributed by atoms with Crippen LogP contribution in [0.2, 0.25) is 0 Å². The molecule has 2 aromatic heterocycles. The van der Waals surface area contributed by atoms with E-state index in [-0.39, 0.29) is 0 Å². The van der Waals surface area contributed by atoms with Crippen LogP contribution in [0, 0.1) is 7.14 Å². The fourth-order valence-electron chi connectivity index (χ4n) is 0.897. The van der Waals surface area contributed by atoms with E-state index in [9.17, 15) is 0 Å². The Balaban J connectivity index is 2.55. The van der Waals surface area contributed by atoms with Crippen molar-refractivity contribution in [1.82, 2.24) is 0 Å². The van der Waals surface area contributed by atoms with Crippen LogP contribution in [0.25, 0.3) is 9.75 Å². The minimum absolute atomic E-state index is 1.36. The Kier molecular flexibility index (Phi) is 3.09. The number of hydrogen-bond donors (Lipinski definition) is 0. The van der Waals surface area contributed by atoms with E-state index in [1.165, 1.54) is 16.9 Å². The lowest BCUT2D eigenvalue weighted by molar-refractivity contribution is 1.76. The van der Waals surface area contributed by atoms with Gasteiger partial charge in [0, 0.05) is 17.4 Å². The second-order valence-electron chi connectivity index (χ2n) is 2.20. The topological polar surface area (TPSA) is 0 Å². The third kappa shape index (κ3) is 1.71. The molecule has 12 heavy (non-hydrogen) atoms. The maximum atomic E-state index is 2.41. The lowest BCUT2D eigenvalue weighted by atomic mass is 10.4. The fourth-order valence-corrected chi connectivity index (χ4v) is 4.65. The van der Waals surface area contributed by atoms with Gasteiger partial charge in [-0.25, -0.2) is 0 Å². The lowest BCUT2D eigenvalue weighted by Gasteiger charge is -1.91. The summed E-state index contributed by atoms with van der Waals surface area (Å²) in [6.45, 7) is 0. The highest BCUT2D eigenvalue weighted by Gasteiger charge is 2.08. The molecule has 2 rings (SSSR count). The molecular formula is C8H4I2S2. The predicted molar refractivity (Wildman–Crippen MR) is 73.1 cm³/mol. The Labute approximate surface area is 106 Å². The summed E-state index contributed by atoms with van der Waals surface area (Å²) in [6.07, 6.45) is 0. The van der Waals surface area contributed by atoms with Crippen LogP contribution in [-0.4, -0.2) is 0 Å². The van der Waals surface area contributed by atoms with Crippen LogP contribution in [-0.2, 0) is 0 Å². The van der Waals surface area contributed by atoms with Gasteiger partial charge in [-0.15, -0.1) is 22.7 Å². The van der Waals surface area contributed by atoms with Gasteiger partial charge in [-0.3, -0.25) is 0 Å². The molecule has 62 valence electrons. The summed E-state index contributed by atoms with van der Waals surface area (Å²) in [5.74, 6) is 0. The molecule has 0 spiro atoms. The molecule has 0 unspecified atom stereocenters. The van der Waals surface area contributed by atoms with Crippen molar-refractivity contribution in [2.75, 3.05) is 0 Å². The molecule has 4 heteroatoms. The van der Waals surface area contributed by atoms with Gasteiger partial charge in [-0.05, 0) is 56.6 Å². The second kappa shape index (κ2) is 3.93. The molecule has 0 fully saturated rings. The molecule has 0 atom stereocenters. The highest BCUT2D eigenvalue weighted by Crippen LogP contribution is 2.36. The first-order valence-corrected chi connectivity index (χ1v) is 7.17. The second-order valence-corrected chi connectivity index (χ2v) is 6.27. The minimum atomic E-state index is 1.36. The van der Waals surface area contributed by atoms with Gasteiger partial charge in [0.2, 0.25) is 0 Å². The standard InChI is InChI=1S/C8H4I2S2/c9-5-4-12-8(7(5)10)6-2-1-3-11-6/h1-4H. The summed E-state index contributed by atoms with van der Waals surface area (Å²) < 4.78 is 2.75. The quantitative estimate of drug-likeness (QED) is 0.590. The normalized spacial score (nSPS) is 10.5. The molecule has 0 saturated heterocycles. The van der Waals surface area contributed by atoms with Gasteiger partial charge in [0.15, 0.2) is 0 Å². The van der Waals surface area contributed by atoms with E-state index in [0.717, 1.165) is 0 Å². The first-order valence-electron chi connectivity index (χ1n) is 3.25. The van der Waals surface area contributed by atoms with E-state index in [1.54, 1.807) is 11.3 Å². The van der Waals surface area contributed by atoms with Gasteiger partial charge in [-0.2, -0.15) is 0 Å². The summed E-state index contributed by atoms with van der Waals surface area (Å²) in [5, 5.41) is 4.33. The summed E-state index contributed by atoms with van der Waals surface area (Å²) in [7, 11) is 0. The van der Waals surface area contributed by atoms with Gasteiger partial charge >= 0.3 is 0 Å². The van der Waals surface area contributed by atoms with Gasteiger partial charge < -0.3 is 0 Å². The van der Waals surface area contributed by atoms with Gasteiger partial charge in [0.1, 0.15) is 0 Å². The zero-order valence-electron chi connectivity index (χ0n) is 5.88. The SMILES string of the molecule is Ic1csc(-c2cccs2)c1I. The molecule has 0 aliphatic carbocycles. The Hall–Kier alpha value is 0.860. The van der Waals surface area contributed by atoms with E-state index in [0.29, 0.717) is 0 Å². The van der Waals surface area contributed by atoms with Gasteiger partial charge in [-0.1, -0.05) is 6.07 Å². The Bertz CT molecular complexity index is 376. The predicted octanol–water partition coefficient (Wildman–Crippen LogP) is 4.69. The van der Waals surface area contributed by atoms with Crippen molar-refractivity contribution in [2.24, 2.45) is 0 Å². The molecule has 0 aromatic carbocycles. The number of thiophene rings is 2. The number of rotatable bonds is 1. The smallest absolute Gasteiger partial charge is 0.0587 e. The number of hydrogen-bond acceptors (Lipinski definition) is 2. The summed E-state index contributed by atoms with van der Waals surface area (Å²) in [5.41, 5.74) is 0. The van der Waals surface area contributed by atoms with Crippen molar-refractivity contribution in [3.05, 3.63) is 30.0 Å². The first kappa shape index (κ1) is 9.42. The fraction of sp³-hybridized carbons (Fsp3) is 0. The van der Waals surface area contributed by atoms with Crippen molar-refractivity contribution in [3.8, 4) is 9.75 Å². The van der Waals surface area contributed by atoms with Crippen molar-refractivity contribution in [1.29, 1.82) is 0 Å². The van der Waals surface area contributed by atoms with E-state index < -0.39 is 0 Å². The third-order valence-corrected chi connectivity index (χ3v) is 7.26. The third-order valence-electron chi connectivity index (χ3n) is 1.43. The molecule has 0 aliphatic heterocycles. The Morgan fingerprint density at radius 2 is 2.00 bits per heavy atom. The van der Waals surface area contributed by atoms with Crippen LogP contribution in [0.5, 0.6) is 0 Å². The van der Waals surface area contributed by atoms with Crippen molar-refractivity contribution in [2.45, 2.75) is 0 Å². The van der Waals surface area contributed by atoms with Gasteiger partial charge in [0.25, 0.3) is 0 Å². The Morgan fingerprint density at radius 3 is 2.50 bits per heavy atom. The van der Waals surface area contributed by atoms with Crippen molar-refractivity contribution in [3.63, 3.8) is 0 Å². The van der Waals surface area contributed by atoms with Crippen LogP contribution in [0.1, 0.15) is 0 Å². The van der Waals surface area contributed by atoms with Crippen molar-refractivity contribution < 1.29 is 0 Å². The highest BCUT2D eigenvalue weighted by molar-refractivity contribution is 14.1. The Morgan fingerprint density at radius 1 is 1.17 bits per heavy atom. The lowest BCUT2D eigenvalue weighted by Crippen LogP contribution is -1.70. The molecule has 0 radical (unpaired) electrons. The minimum Gasteiger partial charge on any atom is -0.143 e. The monoisotopic (exact) mass is 418 g/mol. The summed E-state index contributed by atoms with van der Waals surface area (Å²) in [6, 6.07) is 4.28. The maximum Gasteiger partial charge on any atom is 0.0587 e. The van der Waals surface area contributed by atoms with Crippen LogP contribution in [0.4, 0.5) is 0 Å². The molecule has 2 heterocycles. The van der Waals surface area contributed by atoms with Crippen LogP contribution < -0.4 is 0 Å². The van der Waals surface area contributed by atoms with Crippen LogP contribution >= 0.6 is 67.9 Å². The van der Waals surface area contributed by atoms with Crippen LogP contribution in [0.3, 0.4) is 0 Å². The average molecular weight is 418 g/mol. The first-order chi connectivity index (χ1) is 5.79. The average Bonchev–Trinajstić information content (AvgIpc) is 2.64. The maximum absolute atomic E-state index is 2.41. The van der Waals surface area contributed by atoms with E-state index in [4.69, 9.17) is 0 Å². The van der Waals surface area contributed by atoms with Gasteiger partial charge in [0.05, 0.1) is 4.88 Å². The molecule has 0 amide bonds. The molecular weight excluding hydrogens is 414 g/mol. The molecule has 0 nitrogen and oxygen atoms in total. The summed E-state index contributed by atoms with van der Waals surface area (Å²) in [4.78, 5) is 2.79. The molecule has 2 aromatic rings. The van der Waals surface area contributed by atoms with Crippen molar-refractivity contribution >= 4 is 67.9 Å². The largest absolute Gasteiger partial charge is 0.143 e. The molecule has 0 bridgehead atoms. The van der Waals surface area contributed by atoms with E-state index in [2.05, 4.69) is 68.1 Å². The molecule has 0 saturated carbocycles. The van der Waals surface area contributed by atoms with E-state index >= 15 is 0 Å². The number of halogens is 2. The zero-order chi connectivity index (χ0) is 8.55. The zero-order valence-corrected chi connectivity index (χ0v) is 11.8. The molecule has 0 aliphatic rings.